The number of rotatable bonds is 1. The van der Waals surface area contributed by atoms with Gasteiger partial charge in [0, 0.05) is 20.3 Å². The molecule has 2 heterocycles. The van der Waals surface area contributed by atoms with Crippen molar-refractivity contribution in [3.8, 4) is 5.88 Å². The van der Waals surface area contributed by atoms with E-state index in [0.29, 0.717) is 5.70 Å². The molecule has 1 aliphatic heterocycles. The van der Waals surface area contributed by atoms with Crippen LogP contribution in [0, 0.1) is 4.77 Å². The standard InChI is InChI=1S/C11H11N3O2S/c1-13-9(15)8(6-7-4-3-5-12-7)10(16)14(2)11(13)17/h3-6,15H,1-2H3. The lowest BCUT2D eigenvalue weighted by atomic mass is 10.2. The van der Waals surface area contributed by atoms with Gasteiger partial charge in [-0.2, -0.15) is 0 Å². The van der Waals surface area contributed by atoms with Crippen LogP contribution in [-0.4, -0.2) is 20.5 Å². The van der Waals surface area contributed by atoms with Crippen LogP contribution in [0.25, 0.3) is 6.08 Å². The molecular formula is C11H11N3O2S. The summed E-state index contributed by atoms with van der Waals surface area (Å²) < 4.78 is 2.95. The SMILES string of the molecule is Cn1c(O)c(C=C2C=CC=N2)c(=O)n(C)c1=S. The molecule has 0 radical (unpaired) electrons. The average Bonchev–Trinajstić information content (AvgIpc) is 2.82. The largest absolute Gasteiger partial charge is 0.494 e. The van der Waals surface area contributed by atoms with E-state index in [2.05, 4.69) is 4.99 Å². The second-order valence-electron chi connectivity index (χ2n) is 3.65. The molecule has 0 saturated carbocycles. The Hall–Kier alpha value is -1.95. The summed E-state index contributed by atoms with van der Waals surface area (Å²) >= 11 is 5.01. The molecule has 0 unspecified atom stereocenters. The lowest BCUT2D eigenvalue weighted by Gasteiger charge is -2.09. The minimum atomic E-state index is -0.339. The van der Waals surface area contributed by atoms with Crippen molar-refractivity contribution in [1.29, 1.82) is 0 Å². The molecule has 0 atom stereocenters. The van der Waals surface area contributed by atoms with E-state index in [9.17, 15) is 9.90 Å². The van der Waals surface area contributed by atoms with Crippen molar-refractivity contribution in [3.63, 3.8) is 0 Å². The zero-order valence-corrected chi connectivity index (χ0v) is 10.2. The Morgan fingerprint density at radius 3 is 2.71 bits per heavy atom. The zero-order chi connectivity index (χ0) is 12.6. The molecule has 1 aromatic rings. The molecule has 1 aliphatic rings. The second kappa shape index (κ2) is 4.14. The third-order valence-electron chi connectivity index (χ3n) is 2.54. The van der Waals surface area contributed by atoms with E-state index in [1.165, 1.54) is 15.2 Å². The number of hydrogen-bond donors (Lipinski definition) is 1. The highest BCUT2D eigenvalue weighted by Gasteiger charge is 2.11. The van der Waals surface area contributed by atoms with Crippen LogP contribution in [-0.2, 0) is 14.1 Å². The van der Waals surface area contributed by atoms with Gasteiger partial charge in [0.25, 0.3) is 5.56 Å². The van der Waals surface area contributed by atoms with E-state index in [-0.39, 0.29) is 21.8 Å². The van der Waals surface area contributed by atoms with Crippen LogP contribution in [0.15, 0.2) is 27.6 Å². The summed E-state index contributed by atoms with van der Waals surface area (Å²) in [6.45, 7) is 0. The van der Waals surface area contributed by atoms with Gasteiger partial charge in [-0.05, 0) is 30.4 Å². The maximum Gasteiger partial charge on any atom is 0.265 e. The Morgan fingerprint density at radius 1 is 1.41 bits per heavy atom. The molecule has 1 N–H and O–H groups in total. The van der Waals surface area contributed by atoms with Crippen LogP contribution in [0.5, 0.6) is 5.88 Å². The lowest BCUT2D eigenvalue weighted by molar-refractivity contribution is 0.414. The normalized spacial score (nSPS) is 16.0. The smallest absolute Gasteiger partial charge is 0.265 e. The molecule has 0 spiro atoms. The number of aliphatic imine (C=N–C) groups is 1. The van der Waals surface area contributed by atoms with Gasteiger partial charge >= 0.3 is 0 Å². The van der Waals surface area contributed by atoms with Crippen LogP contribution in [0.1, 0.15) is 5.56 Å². The predicted molar refractivity (Wildman–Crippen MR) is 68.8 cm³/mol. The Kier molecular flexibility index (Phi) is 2.81. The first-order valence-electron chi connectivity index (χ1n) is 4.94. The predicted octanol–water partition coefficient (Wildman–Crippen LogP) is 1.14. The van der Waals surface area contributed by atoms with Crippen molar-refractivity contribution in [2.24, 2.45) is 19.1 Å². The summed E-state index contributed by atoms with van der Waals surface area (Å²) in [6.07, 6.45) is 6.66. The van der Waals surface area contributed by atoms with E-state index in [0.717, 1.165) is 0 Å². The van der Waals surface area contributed by atoms with E-state index in [4.69, 9.17) is 12.2 Å². The van der Waals surface area contributed by atoms with Crippen molar-refractivity contribution in [2.45, 2.75) is 0 Å². The fourth-order valence-corrected chi connectivity index (χ4v) is 1.70. The third-order valence-corrected chi connectivity index (χ3v) is 3.08. The van der Waals surface area contributed by atoms with E-state index in [1.807, 2.05) is 0 Å². The van der Waals surface area contributed by atoms with Crippen molar-refractivity contribution >= 4 is 24.5 Å². The molecule has 2 rings (SSSR count). The molecule has 0 saturated heterocycles. The third kappa shape index (κ3) is 1.87. The van der Waals surface area contributed by atoms with E-state index >= 15 is 0 Å². The van der Waals surface area contributed by atoms with Crippen LogP contribution in [0.2, 0.25) is 0 Å². The molecular weight excluding hydrogens is 238 g/mol. The summed E-state index contributed by atoms with van der Waals surface area (Å²) in [6, 6.07) is 0. The van der Waals surface area contributed by atoms with Gasteiger partial charge < -0.3 is 5.11 Å². The number of aromatic nitrogens is 2. The molecule has 17 heavy (non-hydrogen) atoms. The number of aromatic hydroxyl groups is 1. The number of nitrogens with zero attached hydrogens (tertiary/aromatic N) is 3. The van der Waals surface area contributed by atoms with Gasteiger partial charge in [-0.3, -0.25) is 18.9 Å². The molecule has 5 nitrogen and oxygen atoms in total. The van der Waals surface area contributed by atoms with Crippen molar-refractivity contribution in [2.75, 3.05) is 0 Å². The van der Waals surface area contributed by atoms with Crippen LogP contribution < -0.4 is 5.56 Å². The van der Waals surface area contributed by atoms with Gasteiger partial charge in [-0.1, -0.05) is 0 Å². The van der Waals surface area contributed by atoms with Crippen LogP contribution in [0.3, 0.4) is 0 Å². The minimum Gasteiger partial charge on any atom is -0.494 e. The monoisotopic (exact) mass is 249 g/mol. The van der Waals surface area contributed by atoms with Crippen molar-refractivity contribution in [3.05, 3.63) is 38.5 Å². The minimum absolute atomic E-state index is 0.152. The van der Waals surface area contributed by atoms with Gasteiger partial charge in [0.05, 0.1) is 5.70 Å². The zero-order valence-electron chi connectivity index (χ0n) is 9.41. The second-order valence-corrected chi connectivity index (χ2v) is 4.01. The van der Waals surface area contributed by atoms with E-state index < -0.39 is 0 Å². The van der Waals surface area contributed by atoms with Gasteiger partial charge in [0.15, 0.2) is 4.77 Å². The average molecular weight is 249 g/mol. The topological polar surface area (TPSA) is 59.5 Å². The Labute approximate surface area is 103 Å². The Balaban J connectivity index is 2.75. The molecule has 0 bridgehead atoms. The fraction of sp³-hybridized carbons (Fsp3) is 0.182. The summed E-state index contributed by atoms with van der Waals surface area (Å²) in [5, 5.41) is 9.91. The maximum absolute atomic E-state index is 12.0. The highest BCUT2D eigenvalue weighted by molar-refractivity contribution is 7.71. The molecule has 6 heteroatoms. The molecule has 0 amide bonds. The Bertz CT molecular complexity index is 663. The van der Waals surface area contributed by atoms with E-state index in [1.54, 1.807) is 32.5 Å². The van der Waals surface area contributed by atoms with Crippen LogP contribution >= 0.6 is 12.2 Å². The van der Waals surface area contributed by atoms with Gasteiger partial charge in [0.2, 0.25) is 5.88 Å². The molecule has 88 valence electrons. The Morgan fingerprint density at radius 2 is 2.12 bits per heavy atom. The lowest BCUT2D eigenvalue weighted by Crippen LogP contribution is -2.23. The molecule has 0 aliphatic carbocycles. The molecule has 0 aromatic carbocycles. The first-order valence-corrected chi connectivity index (χ1v) is 5.34. The quantitative estimate of drug-likeness (QED) is 0.759. The van der Waals surface area contributed by atoms with Crippen molar-refractivity contribution < 1.29 is 5.11 Å². The molecule has 1 aromatic heterocycles. The summed E-state index contributed by atoms with van der Waals surface area (Å²) in [5.74, 6) is -0.152. The van der Waals surface area contributed by atoms with Gasteiger partial charge in [-0.25, -0.2) is 0 Å². The highest BCUT2D eigenvalue weighted by Crippen LogP contribution is 2.17. The van der Waals surface area contributed by atoms with Gasteiger partial charge in [0.1, 0.15) is 5.56 Å². The summed E-state index contributed by atoms with van der Waals surface area (Å²) in [4.78, 5) is 16.0. The van der Waals surface area contributed by atoms with Crippen molar-refractivity contribution in [1.82, 2.24) is 9.13 Å². The molecule has 0 fully saturated rings. The number of hydrogen-bond acceptors (Lipinski definition) is 4. The van der Waals surface area contributed by atoms with Gasteiger partial charge in [-0.15, -0.1) is 0 Å². The first kappa shape index (κ1) is 11.5. The fourth-order valence-electron chi connectivity index (χ4n) is 1.53. The van der Waals surface area contributed by atoms with Crippen LogP contribution in [0.4, 0.5) is 0 Å². The summed E-state index contributed by atoms with van der Waals surface area (Å²) in [7, 11) is 3.17. The first-order chi connectivity index (χ1) is 8.02. The highest BCUT2D eigenvalue weighted by atomic mass is 32.1. The number of allylic oxidation sites excluding steroid dienone is 2. The summed E-state index contributed by atoms with van der Waals surface area (Å²) in [5.41, 5.74) is 0.463. The maximum atomic E-state index is 12.0.